The Bertz CT molecular complexity index is 763. The van der Waals surface area contributed by atoms with E-state index in [4.69, 9.17) is 14.3 Å². The summed E-state index contributed by atoms with van der Waals surface area (Å²) in [6.07, 6.45) is 1.58. The average Bonchev–Trinajstić information content (AvgIpc) is 3.03. The standard InChI is InChI=1S/C17H13NO4/c19-17(20)13-6-8-14(9-7-13)21-11-16-18-15(10-22-16)12-4-2-1-3-5-12/h1-10H,11H2,(H,19,20). The number of aromatic carboxylic acids is 1. The molecule has 3 rings (SSSR count). The Hall–Kier alpha value is -3.08. The van der Waals surface area contributed by atoms with E-state index in [2.05, 4.69) is 4.98 Å². The van der Waals surface area contributed by atoms with E-state index in [0.29, 0.717) is 11.6 Å². The van der Waals surface area contributed by atoms with Gasteiger partial charge in [0.1, 0.15) is 17.7 Å². The van der Waals surface area contributed by atoms with E-state index in [1.807, 2.05) is 30.3 Å². The lowest BCUT2D eigenvalue weighted by molar-refractivity contribution is 0.0697. The van der Waals surface area contributed by atoms with Crippen LogP contribution in [0.2, 0.25) is 0 Å². The summed E-state index contributed by atoms with van der Waals surface area (Å²) < 4.78 is 10.9. The quantitative estimate of drug-likeness (QED) is 0.778. The van der Waals surface area contributed by atoms with Gasteiger partial charge < -0.3 is 14.3 Å². The molecule has 0 aliphatic rings. The summed E-state index contributed by atoms with van der Waals surface area (Å²) in [5.74, 6) is 0.0531. The number of aromatic nitrogens is 1. The van der Waals surface area contributed by atoms with Gasteiger partial charge in [0, 0.05) is 5.56 Å². The van der Waals surface area contributed by atoms with Crippen molar-refractivity contribution >= 4 is 5.97 Å². The van der Waals surface area contributed by atoms with Crippen molar-refractivity contribution in [1.82, 2.24) is 4.98 Å². The molecule has 0 fully saturated rings. The first-order valence-corrected chi connectivity index (χ1v) is 6.68. The molecule has 22 heavy (non-hydrogen) atoms. The Kier molecular flexibility index (Phi) is 3.87. The Morgan fingerprint density at radius 2 is 1.82 bits per heavy atom. The van der Waals surface area contributed by atoms with E-state index in [-0.39, 0.29) is 12.2 Å². The van der Waals surface area contributed by atoms with Crippen LogP contribution in [-0.4, -0.2) is 16.1 Å². The SMILES string of the molecule is O=C(O)c1ccc(OCc2nc(-c3ccccc3)co2)cc1. The summed E-state index contributed by atoms with van der Waals surface area (Å²) >= 11 is 0. The van der Waals surface area contributed by atoms with Crippen LogP contribution in [0.5, 0.6) is 5.75 Å². The molecule has 5 heteroatoms. The number of carboxylic acid groups (broad SMARTS) is 1. The smallest absolute Gasteiger partial charge is 0.335 e. The lowest BCUT2D eigenvalue weighted by Crippen LogP contribution is -1.98. The minimum absolute atomic E-state index is 0.180. The molecule has 0 radical (unpaired) electrons. The first kappa shape index (κ1) is 13.9. The van der Waals surface area contributed by atoms with Crippen LogP contribution in [0.4, 0.5) is 0 Å². The summed E-state index contributed by atoms with van der Waals surface area (Å²) in [5.41, 5.74) is 1.94. The fraction of sp³-hybridized carbons (Fsp3) is 0.0588. The van der Waals surface area contributed by atoms with Crippen molar-refractivity contribution in [2.45, 2.75) is 6.61 Å². The van der Waals surface area contributed by atoms with E-state index < -0.39 is 5.97 Å². The molecule has 1 N–H and O–H groups in total. The summed E-state index contributed by atoms with van der Waals surface area (Å²) in [5, 5.41) is 8.83. The second-order valence-electron chi connectivity index (χ2n) is 4.61. The summed E-state index contributed by atoms with van der Waals surface area (Å²) in [7, 11) is 0. The van der Waals surface area contributed by atoms with Crippen LogP contribution in [0, 0.1) is 0 Å². The highest BCUT2D eigenvalue weighted by Gasteiger charge is 2.07. The van der Waals surface area contributed by atoms with Crippen LogP contribution < -0.4 is 4.74 Å². The number of ether oxygens (including phenoxy) is 1. The first-order valence-electron chi connectivity index (χ1n) is 6.68. The average molecular weight is 295 g/mol. The van der Waals surface area contributed by atoms with Crippen LogP contribution in [0.1, 0.15) is 16.2 Å². The Labute approximate surface area is 126 Å². The number of nitrogens with zero attached hydrogens (tertiary/aromatic N) is 1. The molecule has 110 valence electrons. The predicted molar refractivity (Wildman–Crippen MR) is 79.7 cm³/mol. The third-order valence-corrected chi connectivity index (χ3v) is 3.08. The van der Waals surface area contributed by atoms with Crippen molar-refractivity contribution in [3.8, 4) is 17.0 Å². The predicted octanol–water partition coefficient (Wildman–Crippen LogP) is 3.62. The third-order valence-electron chi connectivity index (χ3n) is 3.08. The maximum atomic E-state index is 10.8. The van der Waals surface area contributed by atoms with Crippen molar-refractivity contribution < 1.29 is 19.1 Å². The summed E-state index contributed by atoms with van der Waals surface area (Å²) in [6, 6.07) is 15.9. The first-order chi connectivity index (χ1) is 10.7. The van der Waals surface area contributed by atoms with Gasteiger partial charge in [-0.15, -0.1) is 0 Å². The number of benzene rings is 2. The largest absolute Gasteiger partial charge is 0.484 e. The number of hydrogen-bond donors (Lipinski definition) is 1. The van der Waals surface area contributed by atoms with E-state index in [1.54, 1.807) is 18.4 Å². The molecular weight excluding hydrogens is 282 g/mol. The van der Waals surface area contributed by atoms with Crippen LogP contribution in [0.25, 0.3) is 11.3 Å². The van der Waals surface area contributed by atoms with Crippen LogP contribution >= 0.6 is 0 Å². The lowest BCUT2D eigenvalue weighted by atomic mass is 10.2. The Morgan fingerprint density at radius 3 is 2.50 bits per heavy atom. The minimum atomic E-state index is -0.966. The van der Waals surface area contributed by atoms with Gasteiger partial charge in [-0.3, -0.25) is 0 Å². The second kappa shape index (κ2) is 6.13. The van der Waals surface area contributed by atoms with Crippen molar-refractivity contribution in [3.05, 3.63) is 72.3 Å². The van der Waals surface area contributed by atoms with Crippen molar-refractivity contribution in [2.24, 2.45) is 0 Å². The van der Waals surface area contributed by atoms with E-state index in [1.165, 1.54) is 12.1 Å². The van der Waals surface area contributed by atoms with Crippen LogP contribution in [-0.2, 0) is 6.61 Å². The molecule has 2 aromatic carbocycles. The van der Waals surface area contributed by atoms with Crippen LogP contribution in [0.3, 0.4) is 0 Å². The second-order valence-corrected chi connectivity index (χ2v) is 4.61. The molecule has 0 saturated heterocycles. The molecule has 0 amide bonds. The molecule has 0 bridgehead atoms. The molecule has 0 unspecified atom stereocenters. The highest BCUT2D eigenvalue weighted by atomic mass is 16.5. The monoisotopic (exact) mass is 295 g/mol. The van der Waals surface area contributed by atoms with Gasteiger partial charge in [-0.05, 0) is 24.3 Å². The number of carboxylic acids is 1. The number of rotatable bonds is 5. The fourth-order valence-electron chi connectivity index (χ4n) is 1.96. The molecular formula is C17H13NO4. The lowest BCUT2D eigenvalue weighted by Gasteiger charge is -2.03. The van der Waals surface area contributed by atoms with E-state index >= 15 is 0 Å². The molecule has 0 aliphatic heterocycles. The van der Waals surface area contributed by atoms with Gasteiger partial charge in [0.2, 0.25) is 5.89 Å². The van der Waals surface area contributed by atoms with E-state index in [9.17, 15) is 4.79 Å². The van der Waals surface area contributed by atoms with Gasteiger partial charge in [0.15, 0.2) is 6.61 Å². The number of hydrogen-bond acceptors (Lipinski definition) is 4. The zero-order chi connectivity index (χ0) is 15.4. The maximum Gasteiger partial charge on any atom is 0.335 e. The van der Waals surface area contributed by atoms with Gasteiger partial charge in [-0.25, -0.2) is 9.78 Å². The topological polar surface area (TPSA) is 72.6 Å². The van der Waals surface area contributed by atoms with Gasteiger partial charge >= 0.3 is 5.97 Å². The normalized spacial score (nSPS) is 10.4. The number of carbonyl (C=O) groups is 1. The highest BCUT2D eigenvalue weighted by molar-refractivity contribution is 5.87. The van der Waals surface area contributed by atoms with Gasteiger partial charge in [-0.1, -0.05) is 30.3 Å². The third kappa shape index (κ3) is 3.15. The molecule has 1 aromatic heterocycles. The molecule has 3 aromatic rings. The van der Waals surface area contributed by atoms with Crippen molar-refractivity contribution in [1.29, 1.82) is 0 Å². The summed E-state index contributed by atoms with van der Waals surface area (Å²) in [4.78, 5) is 15.1. The van der Waals surface area contributed by atoms with Gasteiger partial charge in [0.05, 0.1) is 5.56 Å². The molecule has 0 spiro atoms. The zero-order valence-corrected chi connectivity index (χ0v) is 11.6. The van der Waals surface area contributed by atoms with Crippen LogP contribution in [0.15, 0.2) is 65.3 Å². The van der Waals surface area contributed by atoms with Crippen molar-refractivity contribution in [2.75, 3.05) is 0 Å². The molecule has 1 heterocycles. The Morgan fingerprint density at radius 1 is 1.09 bits per heavy atom. The Balaban J connectivity index is 1.65. The highest BCUT2D eigenvalue weighted by Crippen LogP contribution is 2.19. The summed E-state index contributed by atoms with van der Waals surface area (Å²) in [6.45, 7) is 0.180. The zero-order valence-electron chi connectivity index (χ0n) is 11.6. The molecule has 0 saturated carbocycles. The van der Waals surface area contributed by atoms with Crippen molar-refractivity contribution in [3.63, 3.8) is 0 Å². The van der Waals surface area contributed by atoms with Gasteiger partial charge in [0.25, 0.3) is 0 Å². The van der Waals surface area contributed by atoms with Gasteiger partial charge in [-0.2, -0.15) is 0 Å². The molecule has 0 aliphatic carbocycles. The maximum absolute atomic E-state index is 10.8. The number of oxazole rings is 1. The minimum Gasteiger partial charge on any atom is -0.484 e. The molecule has 0 atom stereocenters. The molecule has 5 nitrogen and oxygen atoms in total. The fourth-order valence-corrected chi connectivity index (χ4v) is 1.96. The van der Waals surface area contributed by atoms with E-state index in [0.717, 1.165) is 11.3 Å².